The van der Waals surface area contributed by atoms with E-state index in [-0.39, 0.29) is 11.2 Å². The molecule has 1 rings (SSSR count). The Morgan fingerprint density at radius 2 is 2.47 bits per heavy atom. The first-order valence-corrected chi connectivity index (χ1v) is 5.89. The Morgan fingerprint density at radius 1 is 1.73 bits per heavy atom. The van der Waals surface area contributed by atoms with E-state index < -0.39 is 0 Å². The van der Waals surface area contributed by atoms with E-state index in [9.17, 15) is 4.79 Å². The summed E-state index contributed by atoms with van der Waals surface area (Å²) in [5.41, 5.74) is 2.10. The maximum atomic E-state index is 10.9. The first kappa shape index (κ1) is 12.4. The molecule has 15 heavy (non-hydrogen) atoms. The van der Waals surface area contributed by atoms with Crippen LogP contribution in [0.1, 0.15) is 19.1 Å². The third-order valence-electron chi connectivity index (χ3n) is 1.77. The maximum Gasteiger partial charge on any atom is 0.234 e. The number of nitrogens with one attached hydrogen (secondary N) is 1. The van der Waals surface area contributed by atoms with Crippen LogP contribution >= 0.6 is 23.4 Å². The second kappa shape index (κ2) is 6.05. The van der Waals surface area contributed by atoms with Crippen LogP contribution in [0.4, 0.5) is 0 Å². The smallest absolute Gasteiger partial charge is 0.234 e. The first-order chi connectivity index (χ1) is 7.11. The molecule has 0 aliphatic rings. The van der Waals surface area contributed by atoms with Gasteiger partial charge in [-0.15, -0.1) is 0 Å². The molecule has 0 aromatic carbocycles. The van der Waals surface area contributed by atoms with Crippen molar-refractivity contribution in [2.45, 2.75) is 24.3 Å². The number of carbonyl (C=O) groups excluding carboxylic acids is 1. The van der Waals surface area contributed by atoms with E-state index in [1.54, 1.807) is 17.8 Å². The zero-order valence-electron chi connectivity index (χ0n) is 8.33. The Labute approximate surface area is 97.5 Å². The van der Waals surface area contributed by atoms with Gasteiger partial charge < -0.3 is 4.42 Å². The van der Waals surface area contributed by atoms with Gasteiger partial charge in [0.25, 0.3) is 0 Å². The minimum absolute atomic E-state index is 0.160. The van der Waals surface area contributed by atoms with Crippen LogP contribution in [0.2, 0.25) is 5.22 Å². The Hall–Kier alpha value is -0.650. The molecule has 1 heterocycles. The number of hydrogen-bond donors (Lipinski definition) is 2. The summed E-state index contributed by atoms with van der Waals surface area (Å²) in [6, 6.07) is 3.53. The number of amides is 1. The lowest BCUT2D eigenvalue weighted by Gasteiger charge is -2.08. The number of halogens is 1. The molecule has 1 unspecified atom stereocenters. The molecule has 6 heteroatoms. The number of hydrogen-bond acceptors (Lipinski definition) is 4. The fourth-order valence-electron chi connectivity index (χ4n) is 1.03. The van der Waals surface area contributed by atoms with E-state index in [0.717, 1.165) is 5.76 Å². The molecule has 3 N–H and O–H groups in total. The number of nitrogens with two attached hydrogens (primary N) is 1. The van der Waals surface area contributed by atoms with Crippen molar-refractivity contribution in [1.82, 2.24) is 5.43 Å². The monoisotopic (exact) mass is 248 g/mol. The molecule has 84 valence electrons. The van der Waals surface area contributed by atoms with E-state index in [0.29, 0.717) is 17.4 Å². The largest absolute Gasteiger partial charge is 0.449 e. The van der Waals surface area contributed by atoms with E-state index in [1.807, 2.05) is 13.0 Å². The van der Waals surface area contributed by atoms with Gasteiger partial charge in [-0.25, -0.2) is 5.84 Å². The third-order valence-corrected chi connectivity index (χ3v) is 3.16. The van der Waals surface area contributed by atoms with Crippen molar-refractivity contribution in [3.63, 3.8) is 0 Å². The Kier molecular flexibility index (Phi) is 5.01. The van der Waals surface area contributed by atoms with Gasteiger partial charge in [-0.1, -0.05) is 6.92 Å². The van der Waals surface area contributed by atoms with Crippen LogP contribution in [-0.2, 0) is 10.5 Å². The molecule has 0 fully saturated rings. The number of hydrazine groups is 1. The van der Waals surface area contributed by atoms with Crippen LogP contribution in [0.3, 0.4) is 0 Å². The highest BCUT2D eigenvalue weighted by Crippen LogP contribution is 2.22. The van der Waals surface area contributed by atoms with E-state index >= 15 is 0 Å². The van der Waals surface area contributed by atoms with Crippen LogP contribution in [0.25, 0.3) is 0 Å². The topological polar surface area (TPSA) is 68.3 Å². The van der Waals surface area contributed by atoms with Crippen LogP contribution < -0.4 is 11.3 Å². The molecule has 1 atom stereocenters. The minimum Gasteiger partial charge on any atom is -0.449 e. The number of rotatable bonds is 5. The fourth-order valence-corrected chi connectivity index (χ4v) is 2.07. The molecule has 0 aliphatic carbocycles. The van der Waals surface area contributed by atoms with Gasteiger partial charge in [-0.05, 0) is 23.7 Å². The van der Waals surface area contributed by atoms with Crippen LogP contribution in [-0.4, -0.2) is 11.2 Å². The molecule has 0 bridgehead atoms. The summed E-state index contributed by atoms with van der Waals surface area (Å²) in [7, 11) is 0. The predicted molar refractivity (Wildman–Crippen MR) is 61.4 cm³/mol. The van der Waals surface area contributed by atoms with Gasteiger partial charge in [0, 0.05) is 11.7 Å². The van der Waals surface area contributed by atoms with E-state index in [4.69, 9.17) is 21.9 Å². The van der Waals surface area contributed by atoms with E-state index in [1.165, 1.54) is 0 Å². The molecular formula is C9H13ClN2O2S. The van der Waals surface area contributed by atoms with Gasteiger partial charge in [0.1, 0.15) is 5.76 Å². The lowest BCUT2D eigenvalue weighted by Crippen LogP contribution is -2.31. The first-order valence-electron chi connectivity index (χ1n) is 4.47. The SMILES string of the molecule is CC(CC(=O)NN)SCc1ccc(Cl)o1. The Morgan fingerprint density at radius 3 is 3.00 bits per heavy atom. The summed E-state index contributed by atoms with van der Waals surface area (Å²) >= 11 is 7.24. The summed E-state index contributed by atoms with van der Waals surface area (Å²) in [6.45, 7) is 1.96. The van der Waals surface area contributed by atoms with Crippen LogP contribution in [0.5, 0.6) is 0 Å². The van der Waals surface area contributed by atoms with Gasteiger partial charge in [-0.3, -0.25) is 10.2 Å². The highest BCUT2D eigenvalue weighted by atomic mass is 35.5. The number of thioether (sulfide) groups is 1. The molecule has 4 nitrogen and oxygen atoms in total. The van der Waals surface area contributed by atoms with Crippen molar-refractivity contribution < 1.29 is 9.21 Å². The second-order valence-corrected chi connectivity index (χ2v) is 4.90. The molecule has 0 spiro atoms. The van der Waals surface area contributed by atoms with Gasteiger partial charge in [0.15, 0.2) is 5.22 Å². The summed E-state index contributed by atoms with van der Waals surface area (Å²) in [4.78, 5) is 10.9. The van der Waals surface area contributed by atoms with Gasteiger partial charge in [0.05, 0.1) is 5.75 Å². The molecule has 1 aromatic rings. The standard InChI is InChI=1S/C9H13ClN2O2S/c1-6(4-9(13)12-11)15-5-7-2-3-8(10)14-7/h2-3,6H,4-5,11H2,1H3,(H,12,13). The predicted octanol–water partition coefficient (Wildman–Crippen LogP) is 1.93. The lowest BCUT2D eigenvalue weighted by molar-refractivity contribution is -0.121. The molecule has 0 radical (unpaired) electrons. The van der Waals surface area contributed by atoms with Crippen molar-refractivity contribution in [1.29, 1.82) is 0 Å². The second-order valence-electron chi connectivity index (χ2n) is 3.10. The van der Waals surface area contributed by atoms with Crippen molar-refractivity contribution >= 4 is 29.3 Å². The zero-order valence-corrected chi connectivity index (χ0v) is 9.90. The van der Waals surface area contributed by atoms with Gasteiger partial charge in [-0.2, -0.15) is 11.8 Å². The fraction of sp³-hybridized carbons (Fsp3) is 0.444. The normalized spacial score (nSPS) is 12.5. The van der Waals surface area contributed by atoms with Crippen molar-refractivity contribution in [3.05, 3.63) is 23.1 Å². The summed E-state index contributed by atoms with van der Waals surface area (Å²) < 4.78 is 5.18. The summed E-state index contributed by atoms with van der Waals surface area (Å²) in [6.07, 6.45) is 0.398. The molecule has 0 saturated carbocycles. The molecule has 1 amide bonds. The summed E-state index contributed by atoms with van der Waals surface area (Å²) in [5, 5.41) is 0.579. The lowest BCUT2D eigenvalue weighted by atomic mass is 10.3. The van der Waals surface area contributed by atoms with E-state index in [2.05, 4.69) is 5.43 Å². The van der Waals surface area contributed by atoms with Crippen molar-refractivity contribution in [2.24, 2.45) is 5.84 Å². The third kappa shape index (κ3) is 4.59. The highest BCUT2D eigenvalue weighted by molar-refractivity contribution is 7.99. The minimum atomic E-state index is -0.160. The van der Waals surface area contributed by atoms with Crippen LogP contribution in [0.15, 0.2) is 16.5 Å². The molecule has 0 aliphatic heterocycles. The number of carbonyl (C=O) groups is 1. The van der Waals surface area contributed by atoms with Crippen molar-refractivity contribution in [3.8, 4) is 0 Å². The Balaban J connectivity index is 2.28. The molecule has 0 saturated heterocycles. The molecular weight excluding hydrogens is 236 g/mol. The average molecular weight is 249 g/mol. The highest BCUT2D eigenvalue weighted by Gasteiger charge is 2.09. The number of furan rings is 1. The zero-order chi connectivity index (χ0) is 11.3. The maximum absolute atomic E-state index is 10.9. The summed E-state index contributed by atoms with van der Waals surface area (Å²) in [5.74, 6) is 6.34. The van der Waals surface area contributed by atoms with Crippen LogP contribution in [0, 0.1) is 0 Å². The van der Waals surface area contributed by atoms with Gasteiger partial charge >= 0.3 is 0 Å². The van der Waals surface area contributed by atoms with Crippen molar-refractivity contribution in [2.75, 3.05) is 0 Å². The molecule has 1 aromatic heterocycles. The Bertz CT molecular complexity index is 330. The average Bonchev–Trinajstić information content (AvgIpc) is 2.61. The quantitative estimate of drug-likeness (QED) is 0.475. The van der Waals surface area contributed by atoms with Gasteiger partial charge in [0.2, 0.25) is 5.91 Å².